The van der Waals surface area contributed by atoms with Crippen molar-refractivity contribution < 1.29 is 23.8 Å². The maximum Gasteiger partial charge on any atom is 0.325 e. The zero-order chi connectivity index (χ0) is 16.8. The number of likely N-dealkylation sites (N-methyl/N-ethyl adjacent to an activating group) is 1. The van der Waals surface area contributed by atoms with E-state index in [-0.39, 0.29) is 0 Å². The minimum absolute atomic E-state index is 0.342. The molecule has 1 unspecified atom stereocenters. The molecular weight excluding hydrogens is 301 g/mol. The smallest absolute Gasteiger partial charge is 0.325 e. The van der Waals surface area contributed by atoms with E-state index >= 15 is 0 Å². The molecule has 0 spiro atoms. The summed E-state index contributed by atoms with van der Waals surface area (Å²) in [7, 11) is 3.21. The minimum atomic E-state index is -1.01. The van der Waals surface area contributed by atoms with Crippen molar-refractivity contribution in [1.29, 1.82) is 0 Å². The van der Waals surface area contributed by atoms with Crippen LogP contribution in [-0.2, 0) is 9.53 Å². The Morgan fingerprint density at radius 1 is 1.48 bits per heavy atom. The Labute approximate surface area is 136 Å². The lowest BCUT2D eigenvalue weighted by Gasteiger charge is -2.29. The molecule has 0 amide bonds. The van der Waals surface area contributed by atoms with E-state index in [1.54, 1.807) is 11.9 Å². The second-order valence-corrected chi connectivity index (χ2v) is 5.95. The average molecular weight is 325 g/mol. The third-order valence-electron chi connectivity index (χ3n) is 4.39. The molecule has 1 saturated heterocycles. The van der Waals surface area contributed by atoms with Gasteiger partial charge in [0.15, 0.2) is 0 Å². The molecule has 0 saturated carbocycles. The number of hydrogen-bond donors (Lipinski definition) is 1. The van der Waals surface area contributed by atoms with Crippen molar-refractivity contribution in [2.75, 3.05) is 33.9 Å². The van der Waals surface area contributed by atoms with E-state index < -0.39 is 17.8 Å². The van der Waals surface area contributed by atoms with E-state index in [1.165, 1.54) is 25.3 Å². The van der Waals surface area contributed by atoms with Gasteiger partial charge < -0.3 is 14.6 Å². The number of halogens is 1. The number of carboxylic acid groups (broad SMARTS) is 1. The number of aliphatic carboxylic acids is 1. The summed E-state index contributed by atoms with van der Waals surface area (Å²) < 4.78 is 24.1. The summed E-state index contributed by atoms with van der Waals surface area (Å²) in [5.41, 5.74) is 0.342. The lowest BCUT2D eigenvalue weighted by atomic mass is 9.95. The highest BCUT2D eigenvalue weighted by Crippen LogP contribution is 2.30. The van der Waals surface area contributed by atoms with E-state index in [4.69, 9.17) is 9.47 Å². The Kier molecular flexibility index (Phi) is 6.36. The van der Waals surface area contributed by atoms with Crippen molar-refractivity contribution in [1.82, 2.24) is 4.90 Å². The van der Waals surface area contributed by atoms with Crippen molar-refractivity contribution in [2.24, 2.45) is 5.92 Å². The molecule has 1 aliphatic rings. The van der Waals surface area contributed by atoms with Gasteiger partial charge in [-0.2, -0.15) is 0 Å². The van der Waals surface area contributed by atoms with Gasteiger partial charge in [-0.05, 0) is 57.0 Å². The molecule has 128 valence electrons. The van der Waals surface area contributed by atoms with Crippen LogP contribution < -0.4 is 4.74 Å². The Balaban J connectivity index is 2.10. The second kappa shape index (κ2) is 8.26. The molecule has 2 rings (SSSR count). The highest BCUT2D eigenvalue weighted by atomic mass is 19.1. The molecule has 0 aromatic heterocycles. The summed E-state index contributed by atoms with van der Waals surface area (Å²) in [6.07, 6.45) is 2.92. The van der Waals surface area contributed by atoms with Crippen molar-refractivity contribution >= 4 is 5.97 Å². The highest BCUT2D eigenvalue weighted by molar-refractivity contribution is 5.76. The lowest BCUT2D eigenvalue weighted by molar-refractivity contribution is -0.143. The Morgan fingerprint density at radius 2 is 2.17 bits per heavy atom. The first-order valence-electron chi connectivity index (χ1n) is 7.87. The number of nitrogens with zero attached hydrogens (tertiary/aromatic N) is 1. The topological polar surface area (TPSA) is 59.0 Å². The monoisotopic (exact) mass is 325 g/mol. The van der Waals surface area contributed by atoms with E-state index in [9.17, 15) is 14.3 Å². The van der Waals surface area contributed by atoms with E-state index in [1.807, 2.05) is 0 Å². The summed E-state index contributed by atoms with van der Waals surface area (Å²) in [6, 6.07) is 3.04. The third kappa shape index (κ3) is 4.65. The van der Waals surface area contributed by atoms with Gasteiger partial charge >= 0.3 is 5.97 Å². The van der Waals surface area contributed by atoms with Crippen LogP contribution in [0.2, 0.25) is 0 Å². The number of rotatable bonds is 7. The van der Waals surface area contributed by atoms with Gasteiger partial charge in [0.1, 0.15) is 17.6 Å². The fraction of sp³-hybridized carbons (Fsp3) is 0.588. The number of ether oxygens (including phenoxy) is 2. The van der Waals surface area contributed by atoms with Crippen LogP contribution in [0.25, 0.3) is 0 Å². The average Bonchev–Trinajstić information content (AvgIpc) is 2.54. The molecular formula is C17H24FNO4. The molecule has 1 aliphatic heterocycles. The van der Waals surface area contributed by atoms with Crippen LogP contribution in [0.3, 0.4) is 0 Å². The van der Waals surface area contributed by atoms with Crippen LogP contribution >= 0.6 is 0 Å². The summed E-state index contributed by atoms with van der Waals surface area (Å²) in [4.78, 5) is 13.5. The van der Waals surface area contributed by atoms with Crippen LogP contribution in [0.4, 0.5) is 4.39 Å². The molecule has 1 atom stereocenters. The SMILES string of the molecule is COc1ccc(F)cc1C(C(=O)O)N(C)CCC1CCOCC1. The summed E-state index contributed by atoms with van der Waals surface area (Å²) >= 11 is 0. The summed E-state index contributed by atoms with van der Waals surface area (Å²) in [5, 5.41) is 9.61. The molecule has 6 heteroatoms. The van der Waals surface area contributed by atoms with Crippen LogP contribution in [-0.4, -0.2) is 49.9 Å². The molecule has 5 nitrogen and oxygen atoms in total. The van der Waals surface area contributed by atoms with Gasteiger partial charge in [0.05, 0.1) is 7.11 Å². The van der Waals surface area contributed by atoms with Gasteiger partial charge in [0.2, 0.25) is 0 Å². The van der Waals surface area contributed by atoms with Gasteiger partial charge in [-0.3, -0.25) is 9.69 Å². The van der Waals surface area contributed by atoms with Crippen molar-refractivity contribution in [2.45, 2.75) is 25.3 Å². The standard InChI is InChI=1S/C17H24FNO4/c1-19(8-5-12-6-9-23-10-7-12)16(17(20)21)14-11-13(18)3-4-15(14)22-2/h3-4,11-12,16H,5-10H2,1-2H3,(H,20,21). The normalized spacial score (nSPS) is 17.2. The Bertz CT molecular complexity index is 531. The lowest BCUT2D eigenvalue weighted by Crippen LogP contribution is -2.33. The van der Waals surface area contributed by atoms with Crippen LogP contribution in [0, 0.1) is 11.7 Å². The molecule has 23 heavy (non-hydrogen) atoms. The van der Waals surface area contributed by atoms with Crippen molar-refractivity contribution in [3.05, 3.63) is 29.6 Å². The predicted molar refractivity (Wildman–Crippen MR) is 84.1 cm³/mol. The van der Waals surface area contributed by atoms with Gasteiger partial charge in [-0.15, -0.1) is 0 Å². The largest absolute Gasteiger partial charge is 0.496 e. The third-order valence-corrected chi connectivity index (χ3v) is 4.39. The molecule has 0 bridgehead atoms. The number of carboxylic acids is 1. The second-order valence-electron chi connectivity index (χ2n) is 5.95. The van der Waals surface area contributed by atoms with Crippen LogP contribution in [0.15, 0.2) is 18.2 Å². The molecule has 1 fully saturated rings. The zero-order valence-electron chi connectivity index (χ0n) is 13.6. The Morgan fingerprint density at radius 3 is 2.78 bits per heavy atom. The minimum Gasteiger partial charge on any atom is -0.496 e. The van der Waals surface area contributed by atoms with Gasteiger partial charge in [0, 0.05) is 18.8 Å². The summed E-state index contributed by atoms with van der Waals surface area (Å²) in [5.74, 6) is -0.542. The number of methoxy groups -OCH3 is 1. The molecule has 1 aromatic carbocycles. The number of benzene rings is 1. The van der Waals surface area contributed by atoms with E-state index in [2.05, 4.69) is 0 Å². The van der Waals surface area contributed by atoms with Gasteiger partial charge in [-0.1, -0.05) is 0 Å². The molecule has 1 N–H and O–H groups in total. The first-order chi connectivity index (χ1) is 11.0. The fourth-order valence-corrected chi connectivity index (χ4v) is 3.03. The predicted octanol–water partition coefficient (Wildman–Crippen LogP) is 2.71. The Hall–Kier alpha value is -1.66. The molecule has 1 aromatic rings. The number of hydrogen-bond acceptors (Lipinski definition) is 4. The van der Waals surface area contributed by atoms with Crippen LogP contribution in [0.1, 0.15) is 30.9 Å². The first kappa shape index (κ1) is 17.7. The van der Waals surface area contributed by atoms with Crippen molar-refractivity contribution in [3.63, 3.8) is 0 Å². The quantitative estimate of drug-likeness (QED) is 0.835. The number of carbonyl (C=O) groups is 1. The highest BCUT2D eigenvalue weighted by Gasteiger charge is 2.28. The van der Waals surface area contributed by atoms with E-state index in [0.717, 1.165) is 32.5 Å². The first-order valence-corrected chi connectivity index (χ1v) is 7.87. The van der Waals surface area contributed by atoms with Gasteiger partial charge in [0.25, 0.3) is 0 Å². The maximum atomic E-state index is 13.6. The van der Waals surface area contributed by atoms with Crippen molar-refractivity contribution in [3.8, 4) is 5.75 Å². The summed E-state index contributed by atoms with van der Waals surface area (Å²) in [6.45, 7) is 2.17. The maximum absolute atomic E-state index is 13.6. The molecule has 0 radical (unpaired) electrons. The van der Waals surface area contributed by atoms with Gasteiger partial charge in [-0.25, -0.2) is 4.39 Å². The zero-order valence-corrected chi connectivity index (χ0v) is 13.6. The fourth-order valence-electron chi connectivity index (χ4n) is 3.03. The molecule has 0 aliphatic carbocycles. The molecule has 1 heterocycles. The van der Waals surface area contributed by atoms with E-state index in [0.29, 0.717) is 23.8 Å². The van der Waals surface area contributed by atoms with Crippen LogP contribution in [0.5, 0.6) is 5.75 Å².